The van der Waals surface area contributed by atoms with Crippen LogP contribution < -0.4 is 0 Å². The number of hydrogen-bond donors (Lipinski definition) is 1. The number of aryl methyl sites for hydroxylation is 2. The minimum absolute atomic E-state index is 0.533. The summed E-state index contributed by atoms with van der Waals surface area (Å²) < 4.78 is 0. The molecule has 0 bridgehead atoms. The van der Waals surface area contributed by atoms with Gasteiger partial charge in [0.25, 0.3) is 0 Å². The predicted molar refractivity (Wildman–Crippen MR) is 75.7 cm³/mol. The van der Waals surface area contributed by atoms with Crippen molar-refractivity contribution in [1.82, 2.24) is 0 Å². The van der Waals surface area contributed by atoms with Crippen molar-refractivity contribution in [3.8, 4) is 6.07 Å². The van der Waals surface area contributed by atoms with Crippen LogP contribution in [0.15, 0.2) is 42.5 Å². The molecular formula is C17H17NO. The van der Waals surface area contributed by atoms with Gasteiger partial charge in [0, 0.05) is 6.42 Å². The Labute approximate surface area is 114 Å². The molecule has 0 amide bonds. The van der Waals surface area contributed by atoms with Crippen molar-refractivity contribution in [1.29, 1.82) is 5.26 Å². The zero-order chi connectivity index (χ0) is 13.8. The van der Waals surface area contributed by atoms with Gasteiger partial charge in [0.1, 0.15) is 0 Å². The molecule has 2 nitrogen and oxygen atoms in total. The lowest BCUT2D eigenvalue weighted by atomic mass is 9.98. The second kappa shape index (κ2) is 5.69. The number of aliphatic hydroxyl groups excluding tert-OH is 1. The Balaban J connectivity index is 2.13. The first-order chi connectivity index (χ1) is 9.10. The van der Waals surface area contributed by atoms with E-state index < -0.39 is 6.10 Å². The van der Waals surface area contributed by atoms with Crippen LogP contribution in [0.3, 0.4) is 0 Å². The first-order valence-corrected chi connectivity index (χ1v) is 6.34. The van der Waals surface area contributed by atoms with Gasteiger partial charge in [0.2, 0.25) is 0 Å². The predicted octanol–water partition coefficient (Wildman–Crippen LogP) is 3.45. The Morgan fingerprint density at radius 3 is 2.32 bits per heavy atom. The van der Waals surface area contributed by atoms with Crippen LogP contribution in [-0.4, -0.2) is 5.11 Å². The highest BCUT2D eigenvalue weighted by Gasteiger charge is 2.09. The molecule has 0 heterocycles. The van der Waals surface area contributed by atoms with Crippen LogP contribution in [0.25, 0.3) is 0 Å². The fourth-order valence-corrected chi connectivity index (χ4v) is 2.05. The molecule has 0 fully saturated rings. The van der Waals surface area contributed by atoms with Crippen LogP contribution in [0, 0.1) is 25.2 Å². The number of benzene rings is 2. The topological polar surface area (TPSA) is 44.0 Å². The number of hydrogen-bond acceptors (Lipinski definition) is 2. The number of aliphatic hydroxyl groups is 1. The monoisotopic (exact) mass is 251 g/mol. The summed E-state index contributed by atoms with van der Waals surface area (Å²) in [6.07, 6.45) is 0.0578. The fourth-order valence-electron chi connectivity index (χ4n) is 2.05. The third-order valence-corrected chi connectivity index (χ3v) is 3.42. The van der Waals surface area contributed by atoms with Crippen molar-refractivity contribution >= 4 is 0 Å². The van der Waals surface area contributed by atoms with Crippen molar-refractivity contribution in [3.05, 3.63) is 70.3 Å². The summed E-state index contributed by atoms with van der Waals surface area (Å²) in [7, 11) is 0. The zero-order valence-corrected chi connectivity index (χ0v) is 11.2. The third kappa shape index (κ3) is 3.21. The minimum atomic E-state index is -0.533. The highest BCUT2D eigenvalue weighted by Crippen LogP contribution is 2.20. The van der Waals surface area contributed by atoms with Gasteiger partial charge in [-0.2, -0.15) is 5.26 Å². The molecule has 2 aromatic rings. The molecular weight excluding hydrogens is 234 g/mol. The molecule has 1 unspecified atom stereocenters. The fraction of sp³-hybridized carbons (Fsp3) is 0.235. The van der Waals surface area contributed by atoms with E-state index in [2.05, 4.69) is 38.1 Å². The molecule has 0 spiro atoms. The lowest BCUT2D eigenvalue weighted by Gasteiger charge is -2.12. The highest BCUT2D eigenvalue weighted by atomic mass is 16.3. The van der Waals surface area contributed by atoms with E-state index >= 15 is 0 Å². The smallest absolute Gasteiger partial charge is 0.0991 e. The van der Waals surface area contributed by atoms with Gasteiger partial charge in [-0.1, -0.05) is 30.3 Å². The van der Waals surface area contributed by atoms with Gasteiger partial charge in [-0.05, 0) is 48.2 Å². The van der Waals surface area contributed by atoms with Gasteiger partial charge in [0.15, 0.2) is 0 Å². The van der Waals surface area contributed by atoms with Gasteiger partial charge < -0.3 is 5.11 Å². The van der Waals surface area contributed by atoms with Gasteiger partial charge in [-0.3, -0.25) is 0 Å². The van der Waals surface area contributed by atoms with Crippen LogP contribution in [-0.2, 0) is 6.42 Å². The molecule has 2 aromatic carbocycles. The standard InChI is InChI=1S/C17H17NO/c1-12-3-4-15(9-13(12)2)10-17(19)16-7-5-14(11-18)6-8-16/h3-9,17,19H,10H2,1-2H3. The molecule has 0 aromatic heterocycles. The molecule has 19 heavy (non-hydrogen) atoms. The normalized spacial score (nSPS) is 11.9. The van der Waals surface area contributed by atoms with Crippen molar-refractivity contribution in [3.63, 3.8) is 0 Å². The second-order valence-electron chi connectivity index (χ2n) is 4.87. The Morgan fingerprint density at radius 2 is 1.74 bits per heavy atom. The van der Waals surface area contributed by atoms with Crippen molar-refractivity contribution in [2.45, 2.75) is 26.4 Å². The third-order valence-electron chi connectivity index (χ3n) is 3.42. The molecule has 0 saturated heterocycles. The maximum absolute atomic E-state index is 10.2. The quantitative estimate of drug-likeness (QED) is 0.908. The summed E-state index contributed by atoms with van der Waals surface area (Å²) in [5.41, 5.74) is 5.08. The summed E-state index contributed by atoms with van der Waals surface area (Å²) >= 11 is 0. The molecule has 0 aliphatic carbocycles. The molecule has 0 saturated carbocycles. The molecule has 0 aliphatic rings. The number of nitrogens with zero attached hydrogens (tertiary/aromatic N) is 1. The Morgan fingerprint density at radius 1 is 1.05 bits per heavy atom. The maximum Gasteiger partial charge on any atom is 0.0991 e. The highest BCUT2D eigenvalue weighted by molar-refractivity contribution is 5.34. The van der Waals surface area contributed by atoms with Gasteiger partial charge in [0.05, 0.1) is 17.7 Å². The van der Waals surface area contributed by atoms with Crippen LogP contribution in [0.2, 0.25) is 0 Å². The lowest BCUT2D eigenvalue weighted by Crippen LogP contribution is -2.02. The first-order valence-electron chi connectivity index (χ1n) is 6.34. The van der Waals surface area contributed by atoms with Crippen molar-refractivity contribution < 1.29 is 5.11 Å². The molecule has 0 radical (unpaired) electrons. The van der Waals surface area contributed by atoms with Gasteiger partial charge in [-0.25, -0.2) is 0 Å². The van der Waals surface area contributed by atoms with Crippen LogP contribution in [0.1, 0.15) is 33.9 Å². The first kappa shape index (κ1) is 13.3. The second-order valence-corrected chi connectivity index (χ2v) is 4.87. The zero-order valence-electron chi connectivity index (χ0n) is 11.2. The van der Waals surface area contributed by atoms with Gasteiger partial charge >= 0.3 is 0 Å². The number of nitriles is 1. The lowest BCUT2D eigenvalue weighted by molar-refractivity contribution is 0.178. The summed E-state index contributed by atoms with van der Waals surface area (Å²) in [6.45, 7) is 4.16. The van der Waals surface area contributed by atoms with Crippen LogP contribution in [0.5, 0.6) is 0 Å². The maximum atomic E-state index is 10.2. The largest absolute Gasteiger partial charge is 0.388 e. The van der Waals surface area contributed by atoms with E-state index in [1.165, 1.54) is 11.1 Å². The van der Waals surface area contributed by atoms with E-state index in [0.29, 0.717) is 12.0 Å². The summed E-state index contributed by atoms with van der Waals surface area (Å²) in [6, 6.07) is 15.4. The minimum Gasteiger partial charge on any atom is -0.388 e. The van der Waals surface area contributed by atoms with E-state index in [4.69, 9.17) is 5.26 Å². The molecule has 1 N–H and O–H groups in total. The summed E-state index contributed by atoms with van der Waals surface area (Å²) in [5.74, 6) is 0. The van der Waals surface area contributed by atoms with E-state index in [1.54, 1.807) is 12.1 Å². The van der Waals surface area contributed by atoms with Crippen molar-refractivity contribution in [2.75, 3.05) is 0 Å². The van der Waals surface area contributed by atoms with E-state index in [0.717, 1.165) is 11.1 Å². The van der Waals surface area contributed by atoms with E-state index in [-0.39, 0.29) is 0 Å². The van der Waals surface area contributed by atoms with Crippen molar-refractivity contribution in [2.24, 2.45) is 0 Å². The molecule has 2 rings (SSSR count). The molecule has 2 heteroatoms. The molecule has 1 atom stereocenters. The average molecular weight is 251 g/mol. The van der Waals surface area contributed by atoms with E-state index in [9.17, 15) is 5.11 Å². The van der Waals surface area contributed by atoms with Gasteiger partial charge in [-0.15, -0.1) is 0 Å². The Kier molecular flexibility index (Phi) is 3.99. The Hall–Kier alpha value is -2.11. The SMILES string of the molecule is Cc1ccc(CC(O)c2ccc(C#N)cc2)cc1C. The summed E-state index contributed by atoms with van der Waals surface area (Å²) in [5, 5.41) is 19.0. The van der Waals surface area contributed by atoms with Crippen LogP contribution >= 0.6 is 0 Å². The summed E-state index contributed by atoms with van der Waals surface area (Å²) in [4.78, 5) is 0. The molecule has 0 aliphatic heterocycles. The van der Waals surface area contributed by atoms with E-state index in [1.807, 2.05) is 12.1 Å². The van der Waals surface area contributed by atoms with Crippen LogP contribution in [0.4, 0.5) is 0 Å². The average Bonchev–Trinajstić information content (AvgIpc) is 2.43. The molecule has 96 valence electrons. The number of rotatable bonds is 3. The Bertz CT molecular complexity index is 608.